The van der Waals surface area contributed by atoms with Crippen molar-refractivity contribution >= 4 is 18.3 Å². The number of benzene rings is 1. The zero-order valence-electron chi connectivity index (χ0n) is 12.8. The molecule has 1 unspecified atom stereocenters. The van der Waals surface area contributed by atoms with Gasteiger partial charge in [-0.1, -0.05) is 19.9 Å². The van der Waals surface area contributed by atoms with Crippen LogP contribution < -0.4 is 10.6 Å². The number of hydrogen-bond acceptors (Lipinski definition) is 2. The summed E-state index contributed by atoms with van der Waals surface area (Å²) in [6.07, 6.45) is 2.32. The minimum absolute atomic E-state index is 0. The fourth-order valence-electron chi connectivity index (χ4n) is 2.65. The van der Waals surface area contributed by atoms with Crippen molar-refractivity contribution in [1.82, 2.24) is 10.6 Å². The predicted octanol–water partition coefficient (Wildman–Crippen LogP) is 3.06. The molecule has 1 aromatic rings. The molecule has 1 aliphatic rings. The maximum Gasteiger partial charge on any atom is 0.251 e. The van der Waals surface area contributed by atoms with Gasteiger partial charge in [0.2, 0.25) is 0 Å². The summed E-state index contributed by atoms with van der Waals surface area (Å²) in [5.41, 5.74) is 1.10. The lowest BCUT2D eigenvalue weighted by atomic mass is 9.77. The van der Waals surface area contributed by atoms with Gasteiger partial charge in [-0.3, -0.25) is 4.79 Å². The minimum Gasteiger partial charge on any atom is -0.350 e. The molecule has 1 saturated heterocycles. The predicted molar refractivity (Wildman–Crippen MR) is 85.5 cm³/mol. The first-order valence-electron chi connectivity index (χ1n) is 7.18. The van der Waals surface area contributed by atoms with Crippen LogP contribution in [0.2, 0.25) is 0 Å². The van der Waals surface area contributed by atoms with Gasteiger partial charge in [-0.25, -0.2) is 4.39 Å². The third kappa shape index (κ3) is 4.42. The van der Waals surface area contributed by atoms with E-state index in [0.29, 0.717) is 17.7 Å². The van der Waals surface area contributed by atoms with Crippen LogP contribution in [0.3, 0.4) is 0 Å². The van der Waals surface area contributed by atoms with Gasteiger partial charge in [-0.2, -0.15) is 0 Å². The number of aryl methyl sites for hydroxylation is 1. The lowest BCUT2D eigenvalue weighted by Gasteiger charge is -2.39. The van der Waals surface area contributed by atoms with Crippen LogP contribution in [0.25, 0.3) is 0 Å². The number of hydrogen-bond donors (Lipinski definition) is 2. The minimum atomic E-state index is -0.339. The highest BCUT2D eigenvalue weighted by molar-refractivity contribution is 5.94. The summed E-state index contributed by atoms with van der Waals surface area (Å²) >= 11 is 0. The maximum absolute atomic E-state index is 13.5. The quantitative estimate of drug-likeness (QED) is 0.900. The third-order valence-electron chi connectivity index (χ3n) is 4.23. The first-order valence-corrected chi connectivity index (χ1v) is 7.18. The van der Waals surface area contributed by atoms with E-state index >= 15 is 0 Å². The molecule has 2 N–H and O–H groups in total. The lowest BCUT2D eigenvalue weighted by molar-refractivity contribution is 0.0928. The van der Waals surface area contributed by atoms with Gasteiger partial charge in [0.25, 0.3) is 5.91 Å². The molecule has 0 spiro atoms. The highest BCUT2D eigenvalue weighted by Crippen LogP contribution is 2.29. The van der Waals surface area contributed by atoms with Crippen LogP contribution >= 0.6 is 12.4 Å². The molecule has 2 rings (SSSR count). The zero-order chi connectivity index (χ0) is 14.8. The number of amides is 1. The summed E-state index contributed by atoms with van der Waals surface area (Å²) < 4.78 is 13.5. The molecule has 0 radical (unpaired) electrons. The van der Waals surface area contributed by atoms with E-state index in [1.54, 1.807) is 19.1 Å². The van der Waals surface area contributed by atoms with Crippen molar-refractivity contribution in [3.63, 3.8) is 0 Å². The van der Waals surface area contributed by atoms with Crippen molar-refractivity contribution in [2.45, 2.75) is 39.7 Å². The first-order chi connectivity index (χ1) is 9.40. The van der Waals surface area contributed by atoms with Gasteiger partial charge >= 0.3 is 0 Å². The molecule has 1 aliphatic heterocycles. The summed E-state index contributed by atoms with van der Waals surface area (Å²) in [4.78, 5) is 12.1. The van der Waals surface area contributed by atoms with Crippen LogP contribution in [-0.4, -0.2) is 25.0 Å². The molecule has 118 valence electrons. The Bertz CT molecular complexity index is 505. The molecular formula is C16H24ClFN2O. The van der Waals surface area contributed by atoms with Gasteiger partial charge in [0.15, 0.2) is 0 Å². The Morgan fingerprint density at radius 1 is 1.48 bits per heavy atom. The van der Waals surface area contributed by atoms with Crippen LogP contribution in [0.5, 0.6) is 0 Å². The zero-order valence-corrected chi connectivity index (χ0v) is 13.6. The molecule has 1 fully saturated rings. The molecule has 1 heterocycles. The number of nitrogens with one attached hydrogen (secondary N) is 2. The molecule has 21 heavy (non-hydrogen) atoms. The molecule has 0 bridgehead atoms. The highest BCUT2D eigenvalue weighted by Gasteiger charge is 2.31. The van der Waals surface area contributed by atoms with Gasteiger partial charge in [-0.15, -0.1) is 12.4 Å². The molecule has 0 saturated carbocycles. The maximum atomic E-state index is 13.5. The molecule has 0 aliphatic carbocycles. The fraction of sp³-hybridized carbons (Fsp3) is 0.562. The van der Waals surface area contributed by atoms with Gasteiger partial charge in [0.1, 0.15) is 5.82 Å². The van der Waals surface area contributed by atoms with Crippen molar-refractivity contribution in [1.29, 1.82) is 0 Å². The van der Waals surface area contributed by atoms with Crippen molar-refractivity contribution < 1.29 is 9.18 Å². The number of rotatable bonds is 3. The average Bonchev–Trinajstić information content (AvgIpc) is 2.40. The average molecular weight is 315 g/mol. The molecule has 3 nitrogen and oxygen atoms in total. The number of piperidine rings is 1. The van der Waals surface area contributed by atoms with Gasteiger partial charge < -0.3 is 10.6 Å². The summed E-state index contributed by atoms with van der Waals surface area (Å²) in [6.45, 7) is 7.67. The van der Waals surface area contributed by atoms with Gasteiger partial charge in [0, 0.05) is 18.2 Å². The smallest absolute Gasteiger partial charge is 0.251 e. The van der Waals surface area contributed by atoms with E-state index in [4.69, 9.17) is 0 Å². The van der Waals surface area contributed by atoms with Crippen LogP contribution in [0.4, 0.5) is 4.39 Å². The Morgan fingerprint density at radius 3 is 2.81 bits per heavy atom. The Labute approximate surface area is 132 Å². The van der Waals surface area contributed by atoms with Crippen molar-refractivity contribution in [2.24, 2.45) is 5.41 Å². The largest absolute Gasteiger partial charge is 0.350 e. The number of halogens is 2. The standard InChI is InChI=1S/C16H23FN2O.ClH/c1-11-5-6-12(9-13(11)17)15(20)19-10-14-16(2,3)7-4-8-18-14;/h5-6,9,14,18H,4,7-8,10H2,1-3H3,(H,19,20);1H. The van der Waals surface area contributed by atoms with E-state index < -0.39 is 0 Å². The molecule has 1 amide bonds. The Kier molecular flexibility index (Phi) is 6.17. The van der Waals surface area contributed by atoms with E-state index in [0.717, 1.165) is 13.0 Å². The monoisotopic (exact) mass is 314 g/mol. The number of carbonyl (C=O) groups is 1. The van der Waals surface area contributed by atoms with Crippen molar-refractivity contribution in [3.05, 3.63) is 35.1 Å². The Morgan fingerprint density at radius 2 is 2.19 bits per heavy atom. The summed E-state index contributed by atoms with van der Waals surface area (Å²) in [6, 6.07) is 4.85. The van der Waals surface area contributed by atoms with Gasteiger partial charge in [-0.05, 0) is 49.4 Å². The van der Waals surface area contributed by atoms with Crippen LogP contribution in [0, 0.1) is 18.2 Å². The fourth-order valence-corrected chi connectivity index (χ4v) is 2.65. The van der Waals surface area contributed by atoms with Crippen LogP contribution in [0.15, 0.2) is 18.2 Å². The van der Waals surface area contributed by atoms with Crippen molar-refractivity contribution in [2.75, 3.05) is 13.1 Å². The van der Waals surface area contributed by atoms with E-state index in [1.807, 2.05) is 0 Å². The van der Waals surface area contributed by atoms with Gasteiger partial charge in [0.05, 0.1) is 0 Å². The first kappa shape index (κ1) is 17.9. The van der Waals surface area contributed by atoms with Crippen LogP contribution in [-0.2, 0) is 0 Å². The van der Waals surface area contributed by atoms with Crippen LogP contribution in [0.1, 0.15) is 42.6 Å². The normalized spacial score (nSPS) is 20.5. The Balaban J connectivity index is 0.00000220. The van der Waals surface area contributed by atoms with Crippen molar-refractivity contribution in [3.8, 4) is 0 Å². The van der Waals surface area contributed by atoms with E-state index in [2.05, 4.69) is 24.5 Å². The van der Waals surface area contributed by atoms with E-state index in [-0.39, 0.29) is 35.6 Å². The van der Waals surface area contributed by atoms with E-state index in [1.165, 1.54) is 12.5 Å². The Hall–Kier alpha value is -1.13. The summed E-state index contributed by atoms with van der Waals surface area (Å²) in [5, 5.41) is 6.35. The highest BCUT2D eigenvalue weighted by atomic mass is 35.5. The molecule has 5 heteroatoms. The third-order valence-corrected chi connectivity index (χ3v) is 4.23. The second-order valence-corrected chi connectivity index (χ2v) is 6.27. The summed E-state index contributed by atoms with van der Waals surface area (Å²) in [5.74, 6) is -0.555. The van der Waals surface area contributed by atoms with E-state index in [9.17, 15) is 9.18 Å². The molecule has 0 aromatic heterocycles. The second kappa shape index (κ2) is 7.23. The topological polar surface area (TPSA) is 41.1 Å². The SMILES string of the molecule is Cc1ccc(C(=O)NCC2NCCCC2(C)C)cc1F.Cl. The lowest BCUT2D eigenvalue weighted by Crippen LogP contribution is -2.52. The second-order valence-electron chi connectivity index (χ2n) is 6.27. The number of carbonyl (C=O) groups excluding carboxylic acids is 1. The molecule has 1 atom stereocenters. The summed E-state index contributed by atoms with van der Waals surface area (Å²) in [7, 11) is 0. The molecular weight excluding hydrogens is 291 g/mol. The molecule has 1 aromatic carbocycles.